The lowest BCUT2D eigenvalue weighted by Crippen LogP contribution is -2.22. The van der Waals surface area contributed by atoms with Crippen molar-refractivity contribution in [2.75, 3.05) is 13.2 Å². The van der Waals surface area contributed by atoms with Crippen molar-refractivity contribution in [2.45, 2.75) is 16.6 Å². The molecule has 4 nitrogen and oxygen atoms in total. The van der Waals surface area contributed by atoms with Crippen LogP contribution in [0.5, 0.6) is 17.2 Å². The number of ketones is 1. The van der Waals surface area contributed by atoms with Crippen molar-refractivity contribution in [2.24, 2.45) is 0 Å². The van der Waals surface area contributed by atoms with Gasteiger partial charge in [0.15, 0.2) is 17.3 Å². The van der Waals surface area contributed by atoms with Crippen molar-refractivity contribution in [1.82, 2.24) is 0 Å². The summed E-state index contributed by atoms with van der Waals surface area (Å²) in [5.74, 6) is 1.02. The first kappa shape index (κ1) is 18.7. The van der Waals surface area contributed by atoms with Crippen molar-refractivity contribution in [1.29, 1.82) is 0 Å². The van der Waals surface area contributed by atoms with Gasteiger partial charge in [-0.05, 0) is 31.2 Å². The summed E-state index contributed by atoms with van der Waals surface area (Å²) in [7, 11) is 0. The lowest BCUT2D eigenvalue weighted by atomic mass is 9.99. The predicted octanol–water partition coefficient (Wildman–Crippen LogP) is 5.32. The highest BCUT2D eigenvalue weighted by Crippen LogP contribution is 2.45. The average molecular weight is 535 g/mol. The Morgan fingerprint density at radius 2 is 1.88 bits per heavy atom. The molecule has 1 N–H and O–H groups in total. The number of fused-ring (bicyclic) bond motifs is 1. The molecule has 0 bridgehead atoms. The molecule has 0 amide bonds. The molecule has 1 heterocycles. The molecule has 2 atom stereocenters. The van der Waals surface area contributed by atoms with Crippen molar-refractivity contribution < 1.29 is 19.4 Å². The number of ether oxygens (including phenoxy) is 2. The predicted molar refractivity (Wildman–Crippen MR) is 107 cm³/mol. The Bertz CT molecular complexity index is 822. The number of aromatic hydroxyl groups is 1. The highest BCUT2D eigenvalue weighted by Gasteiger charge is 2.32. The van der Waals surface area contributed by atoms with Crippen LogP contribution in [0.15, 0.2) is 34.8 Å². The minimum Gasteiger partial charge on any atom is -0.507 e. The van der Waals surface area contributed by atoms with E-state index < -0.39 is 4.83 Å². The fraction of sp³-hybridized carbons (Fsp3) is 0.278. The van der Waals surface area contributed by atoms with Crippen LogP contribution in [0.3, 0.4) is 0 Å². The standard InChI is InChI=1S/C18H15Br3O4/c1-9-2-3-13(22)11(6-9)17(23)16(21)15(20)12-7-10(19)8-14-18(12)25-5-4-24-14/h2-3,6-8,15-16,22H,4-5H2,1H3/t15-,16-/m0/s1. The van der Waals surface area contributed by atoms with E-state index in [1.54, 1.807) is 12.1 Å². The van der Waals surface area contributed by atoms with Gasteiger partial charge in [0, 0.05) is 10.0 Å². The quantitative estimate of drug-likeness (QED) is 0.426. The van der Waals surface area contributed by atoms with E-state index in [2.05, 4.69) is 47.8 Å². The molecule has 0 fully saturated rings. The second-order valence-electron chi connectivity index (χ2n) is 5.71. The number of carbonyl (C=O) groups excluding carboxylic acids is 1. The maximum absolute atomic E-state index is 12.9. The minimum atomic E-state index is -0.593. The second kappa shape index (κ2) is 7.68. The first-order chi connectivity index (χ1) is 11.9. The third kappa shape index (κ3) is 3.88. The lowest BCUT2D eigenvalue weighted by molar-refractivity contribution is 0.0987. The van der Waals surface area contributed by atoms with Crippen LogP contribution < -0.4 is 9.47 Å². The van der Waals surface area contributed by atoms with E-state index in [9.17, 15) is 9.90 Å². The summed E-state index contributed by atoms with van der Waals surface area (Å²) in [5, 5.41) is 10.0. The number of benzene rings is 2. The smallest absolute Gasteiger partial charge is 0.181 e. The fourth-order valence-electron chi connectivity index (χ4n) is 2.64. The van der Waals surface area contributed by atoms with Gasteiger partial charge in [-0.1, -0.05) is 59.4 Å². The third-order valence-electron chi connectivity index (χ3n) is 3.86. The number of alkyl halides is 2. The van der Waals surface area contributed by atoms with E-state index >= 15 is 0 Å². The van der Waals surface area contributed by atoms with Gasteiger partial charge in [-0.3, -0.25) is 4.79 Å². The Morgan fingerprint density at radius 1 is 1.16 bits per heavy atom. The molecule has 0 saturated heterocycles. The number of hydrogen-bond acceptors (Lipinski definition) is 4. The summed E-state index contributed by atoms with van der Waals surface area (Å²) in [6.07, 6.45) is 0. The summed E-state index contributed by atoms with van der Waals surface area (Å²) in [6.45, 7) is 2.82. The number of Topliss-reactive ketones (excluding diaryl/α,β-unsaturated/α-hetero) is 1. The normalized spacial score (nSPS) is 15.5. The largest absolute Gasteiger partial charge is 0.507 e. The molecule has 7 heteroatoms. The van der Waals surface area contributed by atoms with Gasteiger partial charge in [-0.2, -0.15) is 0 Å². The molecular formula is C18H15Br3O4. The minimum absolute atomic E-state index is 0.0318. The SMILES string of the molecule is Cc1ccc(O)c(C(=O)[C@@H](Br)[C@@H](Br)c2cc(Br)cc3c2OCCO3)c1. The van der Waals surface area contributed by atoms with Gasteiger partial charge in [0.1, 0.15) is 19.0 Å². The summed E-state index contributed by atoms with van der Waals surface area (Å²) in [5.41, 5.74) is 1.99. The van der Waals surface area contributed by atoms with E-state index in [4.69, 9.17) is 9.47 Å². The second-order valence-corrected chi connectivity index (χ2v) is 8.60. The maximum Gasteiger partial charge on any atom is 0.181 e. The molecule has 0 unspecified atom stereocenters. The van der Waals surface area contributed by atoms with E-state index in [0.717, 1.165) is 15.6 Å². The van der Waals surface area contributed by atoms with Crippen LogP contribution >= 0.6 is 47.8 Å². The lowest BCUT2D eigenvalue weighted by Gasteiger charge is -2.25. The first-order valence-electron chi connectivity index (χ1n) is 7.59. The molecular weight excluding hydrogens is 520 g/mol. The van der Waals surface area contributed by atoms with Crippen LogP contribution in [0.25, 0.3) is 0 Å². The van der Waals surface area contributed by atoms with Gasteiger partial charge in [0.05, 0.1) is 15.2 Å². The molecule has 1 aliphatic heterocycles. The summed E-state index contributed by atoms with van der Waals surface area (Å²) in [4.78, 5) is 11.9. The molecule has 2 aromatic carbocycles. The molecule has 2 aromatic rings. The van der Waals surface area contributed by atoms with Gasteiger partial charge in [0.25, 0.3) is 0 Å². The number of hydrogen-bond donors (Lipinski definition) is 1. The average Bonchev–Trinajstić information content (AvgIpc) is 2.61. The molecule has 25 heavy (non-hydrogen) atoms. The number of rotatable bonds is 4. The van der Waals surface area contributed by atoms with Gasteiger partial charge in [-0.15, -0.1) is 0 Å². The van der Waals surface area contributed by atoms with Crippen LogP contribution in [-0.4, -0.2) is 28.9 Å². The van der Waals surface area contributed by atoms with Crippen LogP contribution in [0.4, 0.5) is 0 Å². The first-order valence-corrected chi connectivity index (χ1v) is 10.2. The molecule has 0 radical (unpaired) electrons. The number of aryl methyl sites for hydroxylation is 1. The number of halogens is 3. The van der Waals surface area contributed by atoms with Crippen LogP contribution in [0.2, 0.25) is 0 Å². The maximum atomic E-state index is 12.9. The summed E-state index contributed by atoms with van der Waals surface area (Å²) < 4.78 is 12.2. The number of phenolic OH excluding ortho intramolecular Hbond substituents is 1. The monoisotopic (exact) mass is 532 g/mol. The Balaban J connectivity index is 1.95. The fourth-order valence-corrected chi connectivity index (χ4v) is 4.20. The molecule has 1 aliphatic rings. The van der Waals surface area contributed by atoms with Crippen molar-refractivity contribution >= 4 is 53.6 Å². The Morgan fingerprint density at radius 3 is 2.64 bits per heavy atom. The zero-order valence-corrected chi connectivity index (χ0v) is 18.0. The van der Waals surface area contributed by atoms with Crippen LogP contribution in [0, 0.1) is 6.92 Å². The van der Waals surface area contributed by atoms with E-state index in [-0.39, 0.29) is 21.9 Å². The summed E-state index contributed by atoms with van der Waals surface area (Å²) >= 11 is 10.5. The Kier molecular flexibility index (Phi) is 5.75. The molecule has 132 valence electrons. The third-order valence-corrected chi connectivity index (χ3v) is 6.99. The highest BCUT2D eigenvalue weighted by atomic mass is 79.9. The summed E-state index contributed by atoms with van der Waals surface area (Å²) in [6, 6.07) is 8.71. The van der Waals surface area contributed by atoms with Gasteiger partial charge >= 0.3 is 0 Å². The van der Waals surface area contributed by atoms with Crippen molar-refractivity contribution in [3.05, 3.63) is 51.5 Å². The highest BCUT2D eigenvalue weighted by molar-refractivity contribution is 9.12. The Labute approximate surface area is 170 Å². The van der Waals surface area contributed by atoms with Gasteiger partial charge in [-0.25, -0.2) is 0 Å². The van der Waals surface area contributed by atoms with Crippen molar-refractivity contribution in [3.63, 3.8) is 0 Å². The Hall–Kier alpha value is -1.05. The topological polar surface area (TPSA) is 55.8 Å². The molecule has 0 aliphatic carbocycles. The van der Waals surface area contributed by atoms with Crippen LogP contribution in [-0.2, 0) is 0 Å². The van der Waals surface area contributed by atoms with Gasteiger partial charge < -0.3 is 14.6 Å². The zero-order valence-electron chi connectivity index (χ0n) is 13.3. The zero-order chi connectivity index (χ0) is 18.1. The van der Waals surface area contributed by atoms with Crippen LogP contribution in [0.1, 0.15) is 26.3 Å². The van der Waals surface area contributed by atoms with E-state index in [0.29, 0.717) is 24.7 Å². The molecule has 0 saturated carbocycles. The van der Waals surface area contributed by atoms with E-state index in [1.807, 2.05) is 19.1 Å². The molecule has 0 aromatic heterocycles. The van der Waals surface area contributed by atoms with Gasteiger partial charge in [0.2, 0.25) is 0 Å². The molecule has 3 rings (SSSR count). The number of phenols is 1. The van der Waals surface area contributed by atoms with E-state index in [1.165, 1.54) is 6.07 Å². The molecule has 0 spiro atoms. The number of carbonyl (C=O) groups is 1. The van der Waals surface area contributed by atoms with Crippen molar-refractivity contribution in [3.8, 4) is 17.2 Å².